The Kier molecular flexibility index (Phi) is 8.20. The molecule has 2 aromatic carbocycles. The molecule has 28 heavy (non-hydrogen) atoms. The maximum atomic E-state index is 12.3. The number of ketones is 1. The minimum atomic E-state index is -0.184. The molecule has 0 saturated carbocycles. The number of carbonyl (C=O) groups excluding carboxylic acids is 3. The van der Waals surface area contributed by atoms with Crippen molar-refractivity contribution in [3.63, 3.8) is 0 Å². The number of rotatable bonds is 9. The van der Waals surface area contributed by atoms with Crippen molar-refractivity contribution >= 4 is 34.9 Å². The van der Waals surface area contributed by atoms with Crippen LogP contribution in [0.5, 0.6) is 0 Å². The van der Waals surface area contributed by atoms with Gasteiger partial charge in [0.1, 0.15) is 0 Å². The molecule has 0 bridgehead atoms. The zero-order chi connectivity index (χ0) is 20.5. The summed E-state index contributed by atoms with van der Waals surface area (Å²) < 4.78 is 0. The van der Waals surface area contributed by atoms with Crippen LogP contribution in [-0.4, -0.2) is 24.1 Å². The molecule has 0 heterocycles. The number of benzene rings is 2. The number of Topliss-reactive ketones (excluding diaryl/α,β-unsaturated/α-hetero) is 1. The number of anilines is 1. The summed E-state index contributed by atoms with van der Waals surface area (Å²) in [5.41, 5.74) is 3.30. The summed E-state index contributed by atoms with van der Waals surface area (Å²) in [5.74, 6) is -0.336. The van der Waals surface area contributed by atoms with Crippen molar-refractivity contribution < 1.29 is 14.4 Å². The molecular formula is C22H25ClN2O3. The number of amides is 2. The number of halogens is 1. The normalized spacial score (nSPS) is 10.4. The Bertz CT molecular complexity index is 847. The average molecular weight is 401 g/mol. The standard InChI is InChI=1S/C22H25ClN2O3/c1-15-5-6-16(2)19(14-15)20(26)11-12-21(27)24-13-3-4-22(28)25-18-9-7-17(23)8-10-18/h5-10,14H,3-4,11-13H2,1-2H3,(H,24,27)(H,25,28). The molecule has 2 rings (SSSR count). The number of hydrogen-bond acceptors (Lipinski definition) is 3. The number of aryl methyl sites for hydroxylation is 2. The fourth-order valence-corrected chi connectivity index (χ4v) is 2.85. The molecule has 0 aromatic heterocycles. The van der Waals surface area contributed by atoms with E-state index in [1.807, 2.05) is 32.0 Å². The first-order valence-corrected chi connectivity index (χ1v) is 9.65. The van der Waals surface area contributed by atoms with Crippen molar-refractivity contribution in [2.24, 2.45) is 0 Å². The molecule has 0 spiro atoms. The summed E-state index contributed by atoms with van der Waals surface area (Å²) in [6.07, 6.45) is 1.14. The first-order chi connectivity index (χ1) is 13.3. The van der Waals surface area contributed by atoms with Crippen molar-refractivity contribution in [1.29, 1.82) is 0 Å². The van der Waals surface area contributed by atoms with Gasteiger partial charge >= 0.3 is 0 Å². The summed E-state index contributed by atoms with van der Waals surface area (Å²) in [6, 6.07) is 12.6. The Morgan fingerprint density at radius 2 is 1.61 bits per heavy atom. The van der Waals surface area contributed by atoms with Crippen LogP contribution in [0, 0.1) is 13.8 Å². The zero-order valence-corrected chi connectivity index (χ0v) is 16.9. The van der Waals surface area contributed by atoms with E-state index < -0.39 is 0 Å². The van der Waals surface area contributed by atoms with Gasteiger partial charge in [0.15, 0.2) is 5.78 Å². The molecule has 0 aliphatic carbocycles. The largest absolute Gasteiger partial charge is 0.356 e. The summed E-state index contributed by atoms with van der Waals surface area (Å²) in [4.78, 5) is 36.1. The van der Waals surface area contributed by atoms with Gasteiger partial charge in [0, 0.05) is 42.1 Å². The van der Waals surface area contributed by atoms with Crippen LogP contribution >= 0.6 is 11.6 Å². The van der Waals surface area contributed by atoms with E-state index in [4.69, 9.17) is 11.6 Å². The van der Waals surface area contributed by atoms with E-state index in [1.165, 1.54) is 0 Å². The van der Waals surface area contributed by atoms with Crippen molar-refractivity contribution in [2.75, 3.05) is 11.9 Å². The molecule has 0 aliphatic heterocycles. The van der Waals surface area contributed by atoms with Gasteiger partial charge in [-0.3, -0.25) is 14.4 Å². The minimum Gasteiger partial charge on any atom is -0.356 e. The molecule has 6 heteroatoms. The lowest BCUT2D eigenvalue weighted by Gasteiger charge is -2.08. The van der Waals surface area contributed by atoms with E-state index >= 15 is 0 Å². The predicted octanol–water partition coefficient (Wildman–Crippen LogP) is 4.45. The van der Waals surface area contributed by atoms with Crippen molar-refractivity contribution in [2.45, 2.75) is 39.5 Å². The zero-order valence-electron chi connectivity index (χ0n) is 16.2. The number of hydrogen-bond donors (Lipinski definition) is 2. The topological polar surface area (TPSA) is 75.3 Å². The van der Waals surface area contributed by atoms with Gasteiger partial charge < -0.3 is 10.6 Å². The highest BCUT2D eigenvalue weighted by atomic mass is 35.5. The van der Waals surface area contributed by atoms with Gasteiger partial charge in [-0.15, -0.1) is 0 Å². The third-order valence-electron chi connectivity index (χ3n) is 4.30. The summed E-state index contributed by atoms with van der Waals surface area (Å²) in [7, 11) is 0. The first kappa shape index (κ1) is 21.6. The van der Waals surface area contributed by atoms with Crippen molar-refractivity contribution in [1.82, 2.24) is 5.32 Å². The smallest absolute Gasteiger partial charge is 0.224 e. The molecule has 0 fully saturated rings. The molecular weight excluding hydrogens is 376 g/mol. The third kappa shape index (κ3) is 7.16. The number of nitrogens with one attached hydrogen (secondary N) is 2. The van der Waals surface area contributed by atoms with Gasteiger partial charge in [-0.2, -0.15) is 0 Å². The van der Waals surface area contributed by atoms with Gasteiger partial charge in [-0.05, 0) is 56.2 Å². The molecule has 2 N–H and O–H groups in total. The summed E-state index contributed by atoms with van der Waals surface area (Å²) in [6.45, 7) is 4.22. The van der Waals surface area contributed by atoms with Crippen LogP contribution in [0.25, 0.3) is 0 Å². The van der Waals surface area contributed by atoms with Crippen LogP contribution < -0.4 is 10.6 Å². The van der Waals surface area contributed by atoms with Crippen LogP contribution in [0.3, 0.4) is 0 Å². The Morgan fingerprint density at radius 3 is 2.32 bits per heavy atom. The van der Waals surface area contributed by atoms with E-state index in [0.29, 0.717) is 35.7 Å². The van der Waals surface area contributed by atoms with Crippen molar-refractivity contribution in [3.8, 4) is 0 Å². The van der Waals surface area contributed by atoms with Crippen LogP contribution in [-0.2, 0) is 9.59 Å². The Labute approximate surface area is 170 Å². The average Bonchev–Trinajstić information content (AvgIpc) is 2.67. The number of carbonyl (C=O) groups is 3. The van der Waals surface area contributed by atoms with Crippen LogP contribution in [0.4, 0.5) is 5.69 Å². The summed E-state index contributed by atoms with van der Waals surface area (Å²) in [5, 5.41) is 6.13. The Hall–Kier alpha value is -2.66. The monoisotopic (exact) mass is 400 g/mol. The van der Waals surface area contributed by atoms with Gasteiger partial charge in [0.2, 0.25) is 11.8 Å². The lowest BCUT2D eigenvalue weighted by molar-refractivity contribution is -0.121. The van der Waals surface area contributed by atoms with Crippen LogP contribution in [0.1, 0.15) is 47.2 Å². The van der Waals surface area contributed by atoms with Gasteiger partial charge in [0.25, 0.3) is 0 Å². The molecule has 2 aromatic rings. The molecule has 0 unspecified atom stereocenters. The van der Waals surface area contributed by atoms with E-state index in [2.05, 4.69) is 10.6 Å². The predicted molar refractivity (Wildman–Crippen MR) is 112 cm³/mol. The first-order valence-electron chi connectivity index (χ1n) is 9.27. The van der Waals surface area contributed by atoms with E-state index in [1.54, 1.807) is 24.3 Å². The molecule has 0 atom stereocenters. The lowest BCUT2D eigenvalue weighted by atomic mass is 9.99. The molecule has 0 saturated heterocycles. The highest BCUT2D eigenvalue weighted by Gasteiger charge is 2.12. The second-order valence-corrected chi connectivity index (χ2v) is 7.19. The molecule has 2 amide bonds. The van der Waals surface area contributed by atoms with E-state index in [-0.39, 0.29) is 30.4 Å². The highest BCUT2D eigenvalue weighted by Crippen LogP contribution is 2.14. The fourth-order valence-electron chi connectivity index (χ4n) is 2.72. The lowest BCUT2D eigenvalue weighted by Crippen LogP contribution is -2.26. The van der Waals surface area contributed by atoms with Gasteiger partial charge in [-0.1, -0.05) is 29.3 Å². The minimum absolute atomic E-state index is 0.0290. The van der Waals surface area contributed by atoms with Gasteiger partial charge in [0.05, 0.1) is 0 Å². The third-order valence-corrected chi connectivity index (χ3v) is 4.56. The second kappa shape index (κ2) is 10.6. The van der Waals surface area contributed by atoms with Crippen LogP contribution in [0.2, 0.25) is 5.02 Å². The second-order valence-electron chi connectivity index (χ2n) is 6.75. The highest BCUT2D eigenvalue weighted by molar-refractivity contribution is 6.30. The molecule has 148 valence electrons. The molecule has 0 radical (unpaired) electrons. The quantitative estimate of drug-likeness (QED) is 0.482. The van der Waals surface area contributed by atoms with E-state index in [0.717, 1.165) is 11.1 Å². The Morgan fingerprint density at radius 1 is 0.893 bits per heavy atom. The molecule has 5 nitrogen and oxygen atoms in total. The van der Waals surface area contributed by atoms with Crippen LogP contribution in [0.15, 0.2) is 42.5 Å². The molecule has 0 aliphatic rings. The van der Waals surface area contributed by atoms with Crippen molar-refractivity contribution in [3.05, 3.63) is 64.2 Å². The Balaban J connectivity index is 1.64. The van der Waals surface area contributed by atoms with E-state index in [9.17, 15) is 14.4 Å². The van der Waals surface area contributed by atoms with Gasteiger partial charge in [-0.25, -0.2) is 0 Å². The summed E-state index contributed by atoms with van der Waals surface area (Å²) >= 11 is 5.80. The SMILES string of the molecule is Cc1ccc(C)c(C(=O)CCC(=O)NCCCC(=O)Nc2ccc(Cl)cc2)c1. The fraction of sp³-hybridized carbons (Fsp3) is 0.318. The maximum Gasteiger partial charge on any atom is 0.224 e. The maximum absolute atomic E-state index is 12.3.